The minimum absolute atomic E-state index is 0.524. The molecule has 1 aliphatic rings. The SMILES string of the molecule is CNC(=S)N/N=C1\CCCc2cccnc21. The molecule has 0 spiro atoms. The van der Waals surface area contributed by atoms with E-state index >= 15 is 0 Å². The van der Waals surface area contributed by atoms with Crippen molar-refractivity contribution in [1.29, 1.82) is 0 Å². The number of pyridine rings is 1. The van der Waals surface area contributed by atoms with Crippen LogP contribution in [-0.4, -0.2) is 22.9 Å². The molecule has 84 valence electrons. The topological polar surface area (TPSA) is 49.3 Å². The largest absolute Gasteiger partial charge is 0.364 e. The molecule has 0 atom stereocenters. The van der Waals surface area contributed by atoms with Crippen LogP contribution in [0.4, 0.5) is 0 Å². The highest BCUT2D eigenvalue weighted by Crippen LogP contribution is 2.18. The van der Waals surface area contributed by atoms with Crippen molar-refractivity contribution in [3.05, 3.63) is 29.6 Å². The maximum atomic E-state index is 4.97. The van der Waals surface area contributed by atoms with Crippen LogP contribution < -0.4 is 10.7 Å². The number of fused-ring (bicyclic) bond motifs is 1. The number of aromatic nitrogens is 1. The third-order valence-electron chi connectivity index (χ3n) is 2.54. The Morgan fingerprint density at radius 2 is 2.38 bits per heavy atom. The van der Waals surface area contributed by atoms with Crippen LogP contribution in [0.5, 0.6) is 0 Å². The zero-order chi connectivity index (χ0) is 11.4. The van der Waals surface area contributed by atoms with Gasteiger partial charge in [-0.15, -0.1) is 0 Å². The molecular formula is C11H14N4S. The zero-order valence-electron chi connectivity index (χ0n) is 9.16. The van der Waals surface area contributed by atoms with Crippen molar-refractivity contribution in [3.8, 4) is 0 Å². The quantitative estimate of drug-likeness (QED) is 0.566. The molecule has 16 heavy (non-hydrogen) atoms. The lowest BCUT2D eigenvalue weighted by Crippen LogP contribution is -2.30. The van der Waals surface area contributed by atoms with Gasteiger partial charge in [0.25, 0.3) is 0 Å². The van der Waals surface area contributed by atoms with E-state index in [1.807, 2.05) is 6.07 Å². The van der Waals surface area contributed by atoms with Gasteiger partial charge in [0.15, 0.2) is 5.11 Å². The Morgan fingerprint density at radius 1 is 1.50 bits per heavy atom. The van der Waals surface area contributed by atoms with Crippen LogP contribution in [0.25, 0.3) is 0 Å². The van der Waals surface area contributed by atoms with Gasteiger partial charge >= 0.3 is 0 Å². The number of nitrogens with one attached hydrogen (secondary N) is 2. The van der Waals surface area contributed by atoms with Crippen molar-refractivity contribution in [2.75, 3.05) is 7.05 Å². The molecule has 0 aromatic carbocycles. The van der Waals surface area contributed by atoms with Crippen molar-refractivity contribution in [2.45, 2.75) is 19.3 Å². The van der Waals surface area contributed by atoms with Crippen molar-refractivity contribution in [2.24, 2.45) is 5.10 Å². The molecule has 4 nitrogen and oxygen atoms in total. The third-order valence-corrected chi connectivity index (χ3v) is 2.84. The summed E-state index contributed by atoms with van der Waals surface area (Å²) in [4.78, 5) is 4.37. The molecule has 1 heterocycles. The second kappa shape index (κ2) is 5.03. The third kappa shape index (κ3) is 2.36. The first-order valence-corrected chi connectivity index (χ1v) is 5.70. The Bertz CT molecular complexity index is 428. The highest BCUT2D eigenvalue weighted by atomic mass is 32.1. The molecule has 2 rings (SSSR count). The van der Waals surface area contributed by atoms with E-state index in [2.05, 4.69) is 26.9 Å². The molecule has 0 saturated carbocycles. The van der Waals surface area contributed by atoms with Gasteiger partial charge in [0.2, 0.25) is 0 Å². The minimum atomic E-state index is 0.524. The molecule has 5 heteroatoms. The predicted octanol–water partition coefficient (Wildman–Crippen LogP) is 1.22. The Kier molecular flexibility index (Phi) is 3.46. The Balaban J connectivity index is 2.21. The summed E-state index contributed by atoms with van der Waals surface area (Å²) in [5.74, 6) is 0. The predicted molar refractivity (Wildman–Crippen MR) is 68.5 cm³/mol. The molecule has 0 unspecified atom stereocenters. The van der Waals surface area contributed by atoms with Crippen LogP contribution in [-0.2, 0) is 6.42 Å². The van der Waals surface area contributed by atoms with Crippen molar-refractivity contribution >= 4 is 23.0 Å². The summed E-state index contributed by atoms with van der Waals surface area (Å²) >= 11 is 4.97. The van der Waals surface area contributed by atoms with Gasteiger partial charge in [0.05, 0.1) is 11.4 Å². The normalized spacial score (nSPS) is 16.7. The Morgan fingerprint density at radius 3 is 3.19 bits per heavy atom. The summed E-state index contributed by atoms with van der Waals surface area (Å²) in [5, 5.41) is 7.64. The second-order valence-corrected chi connectivity index (χ2v) is 4.02. The maximum Gasteiger partial charge on any atom is 0.186 e. The van der Waals surface area contributed by atoms with E-state index in [0.717, 1.165) is 30.7 Å². The van der Waals surface area contributed by atoms with Gasteiger partial charge in [0, 0.05) is 13.2 Å². The second-order valence-electron chi connectivity index (χ2n) is 3.61. The van der Waals surface area contributed by atoms with Crippen LogP contribution in [0.3, 0.4) is 0 Å². The van der Waals surface area contributed by atoms with Gasteiger partial charge in [-0.3, -0.25) is 10.4 Å². The van der Waals surface area contributed by atoms with Crippen LogP contribution in [0.2, 0.25) is 0 Å². The fourth-order valence-electron chi connectivity index (χ4n) is 1.75. The summed E-state index contributed by atoms with van der Waals surface area (Å²) in [7, 11) is 1.77. The average molecular weight is 234 g/mol. The van der Waals surface area contributed by atoms with E-state index in [9.17, 15) is 0 Å². The van der Waals surface area contributed by atoms with E-state index < -0.39 is 0 Å². The van der Waals surface area contributed by atoms with Gasteiger partial charge < -0.3 is 5.32 Å². The Labute approximate surface area is 100 Å². The molecule has 1 aliphatic carbocycles. The number of nitrogens with zero attached hydrogens (tertiary/aromatic N) is 2. The summed E-state index contributed by atoms with van der Waals surface area (Å²) in [5.41, 5.74) is 6.07. The van der Waals surface area contributed by atoms with Crippen LogP contribution in [0.15, 0.2) is 23.4 Å². The lowest BCUT2D eigenvalue weighted by Gasteiger charge is -2.16. The summed E-state index contributed by atoms with van der Waals surface area (Å²) < 4.78 is 0. The van der Waals surface area contributed by atoms with Gasteiger partial charge in [-0.1, -0.05) is 6.07 Å². The molecule has 1 aromatic rings. The number of rotatable bonds is 1. The molecule has 0 fully saturated rings. The van der Waals surface area contributed by atoms with Gasteiger partial charge in [-0.2, -0.15) is 5.10 Å². The minimum Gasteiger partial charge on any atom is -0.364 e. The molecule has 0 amide bonds. The molecule has 0 radical (unpaired) electrons. The molecule has 0 bridgehead atoms. The lowest BCUT2D eigenvalue weighted by atomic mass is 9.95. The Hall–Kier alpha value is -1.49. The van der Waals surface area contributed by atoms with Crippen molar-refractivity contribution in [1.82, 2.24) is 15.7 Å². The zero-order valence-corrected chi connectivity index (χ0v) is 9.97. The van der Waals surface area contributed by atoms with Crippen LogP contribution in [0.1, 0.15) is 24.1 Å². The van der Waals surface area contributed by atoms with Crippen LogP contribution in [0, 0.1) is 0 Å². The summed E-state index contributed by atoms with van der Waals surface area (Å²) in [6, 6.07) is 4.07. The first-order chi connectivity index (χ1) is 7.81. The fourth-order valence-corrected chi connectivity index (χ4v) is 1.79. The standard InChI is InChI=1S/C11H14N4S/c1-12-11(16)15-14-9-6-2-4-8-5-3-7-13-10(8)9/h3,5,7H,2,4,6H2,1H3,(H2,12,15,16)/b14-9+. The number of hydrazone groups is 1. The molecule has 2 N–H and O–H groups in total. The fraction of sp³-hybridized carbons (Fsp3) is 0.364. The van der Waals surface area contributed by atoms with E-state index in [4.69, 9.17) is 12.2 Å². The van der Waals surface area contributed by atoms with Gasteiger partial charge in [0.1, 0.15) is 0 Å². The van der Waals surface area contributed by atoms with Gasteiger partial charge in [-0.25, -0.2) is 0 Å². The average Bonchev–Trinajstić information content (AvgIpc) is 2.35. The maximum absolute atomic E-state index is 4.97. The van der Waals surface area contributed by atoms with Gasteiger partial charge in [-0.05, 0) is 43.1 Å². The number of aryl methyl sites for hydroxylation is 1. The van der Waals surface area contributed by atoms with E-state index in [1.165, 1.54) is 5.56 Å². The van der Waals surface area contributed by atoms with Crippen LogP contribution >= 0.6 is 12.2 Å². The highest BCUT2D eigenvalue weighted by molar-refractivity contribution is 7.80. The van der Waals surface area contributed by atoms with E-state index in [0.29, 0.717) is 5.11 Å². The molecule has 0 aliphatic heterocycles. The van der Waals surface area contributed by atoms with E-state index in [1.54, 1.807) is 13.2 Å². The van der Waals surface area contributed by atoms with E-state index in [-0.39, 0.29) is 0 Å². The lowest BCUT2D eigenvalue weighted by molar-refractivity contribution is 0.814. The first-order valence-electron chi connectivity index (χ1n) is 5.30. The highest BCUT2D eigenvalue weighted by Gasteiger charge is 2.16. The molecule has 0 saturated heterocycles. The number of thiocarbonyl (C=S) groups is 1. The smallest absolute Gasteiger partial charge is 0.186 e. The number of hydrogen-bond acceptors (Lipinski definition) is 3. The summed E-state index contributed by atoms with van der Waals surface area (Å²) in [6.45, 7) is 0. The molecular weight excluding hydrogens is 220 g/mol. The van der Waals surface area contributed by atoms with Crippen molar-refractivity contribution in [3.63, 3.8) is 0 Å². The first kappa shape index (κ1) is 11.0. The number of hydrogen-bond donors (Lipinski definition) is 2. The molecule has 1 aromatic heterocycles. The summed E-state index contributed by atoms with van der Waals surface area (Å²) in [6.07, 6.45) is 4.95. The van der Waals surface area contributed by atoms with Crippen molar-refractivity contribution < 1.29 is 0 Å². The monoisotopic (exact) mass is 234 g/mol.